The van der Waals surface area contributed by atoms with Gasteiger partial charge in [-0.2, -0.15) is 0 Å². The molecular weight excluding hydrogens is 403 g/mol. The van der Waals surface area contributed by atoms with Crippen LogP contribution in [0.15, 0.2) is 66.9 Å². The zero-order chi connectivity index (χ0) is 22.2. The van der Waals surface area contributed by atoms with E-state index < -0.39 is 6.04 Å². The van der Waals surface area contributed by atoms with Crippen molar-refractivity contribution in [1.29, 1.82) is 0 Å². The zero-order valence-electron chi connectivity index (χ0n) is 18.2. The lowest BCUT2D eigenvalue weighted by molar-refractivity contribution is 0.556. The Balaban J connectivity index is 1.78. The maximum absolute atomic E-state index is 15.0. The van der Waals surface area contributed by atoms with Crippen LogP contribution in [0.1, 0.15) is 35.7 Å². The molecule has 5 rings (SSSR count). The van der Waals surface area contributed by atoms with E-state index in [1.807, 2.05) is 67.9 Å². The van der Waals surface area contributed by atoms with Crippen LogP contribution in [0.25, 0.3) is 22.3 Å². The first-order valence-corrected chi connectivity index (χ1v) is 10.6. The molecule has 0 aliphatic rings. The number of nitrogens with zero attached hydrogens (tertiary/aromatic N) is 6. The number of rotatable bonds is 5. The monoisotopic (exact) mass is 426 g/mol. The largest absolute Gasteiger partial charge is 0.315 e. The van der Waals surface area contributed by atoms with Crippen molar-refractivity contribution >= 4 is 11.0 Å². The van der Waals surface area contributed by atoms with Crippen molar-refractivity contribution in [3.63, 3.8) is 0 Å². The van der Waals surface area contributed by atoms with Crippen LogP contribution in [0, 0.1) is 19.7 Å². The second-order valence-corrected chi connectivity index (χ2v) is 7.76. The Morgan fingerprint density at radius 2 is 1.81 bits per heavy atom. The van der Waals surface area contributed by atoms with E-state index >= 15 is 0 Å². The molecule has 0 N–H and O–H groups in total. The second kappa shape index (κ2) is 8.00. The first-order valence-electron chi connectivity index (χ1n) is 10.6. The lowest BCUT2D eigenvalue weighted by Crippen LogP contribution is -2.17. The van der Waals surface area contributed by atoms with Crippen molar-refractivity contribution in [2.45, 2.75) is 33.4 Å². The Kier molecular flexibility index (Phi) is 5.01. The van der Waals surface area contributed by atoms with Crippen molar-refractivity contribution in [1.82, 2.24) is 29.5 Å². The van der Waals surface area contributed by atoms with Gasteiger partial charge in [0.05, 0.1) is 22.4 Å². The van der Waals surface area contributed by atoms with Gasteiger partial charge in [0.15, 0.2) is 0 Å². The van der Waals surface area contributed by atoms with E-state index in [1.165, 1.54) is 6.07 Å². The van der Waals surface area contributed by atoms with Crippen LogP contribution in [0.3, 0.4) is 0 Å². The Morgan fingerprint density at radius 1 is 1.00 bits per heavy atom. The Bertz CT molecular complexity index is 1400. The molecule has 0 aliphatic heterocycles. The van der Waals surface area contributed by atoms with Crippen molar-refractivity contribution in [2.24, 2.45) is 0 Å². The molecule has 0 bridgehead atoms. The SMILES string of the molecule is CCn1nnc(C)c1-c1ccc2nc(C)n(C(c3ccccc3)c3ncccc3F)c2c1. The summed E-state index contributed by atoms with van der Waals surface area (Å²) in [6, 6.07) is 18.6. The highest BCUT2D eigenvalue weighted by Gasteiger charge is 2.25. The number of hydrogen-bond donors (Lipinski definition) is 0. The van der Waals surface area contributed by atoms with Crippen molar-refractivity contribution < 1.29 is 4.39 Å². The number of aryl methyl sites for hydroxylation is 3. The van der Waals surface area contributed by atoms with E-state index in [0.717, 1.165) is 45.9 Å². The molecule has 2 aromatic carbocycles. The number of benzene rings is 2. The van der Waals surface area contributed by atoms with Crippen LogP contribution in [-0.2, 0) is 6.54 Å². The van der Waals surface area contributed by atoms with Crippen LogP contribution >= 0.6 is 0 Å². The molecule has 0 saturated heterocycles. The minimum Gasteiger partial charge on any atom is -0.315 e. The smallest absolute Gasteiger partial charge is 0.147 e. The van der Waals surface area contributed by atoms with Crippen molar-refractivity contribution in [2.75, 3.05) is 0 Å². The van der Waals surface area contributed by atoms with Gasteiger partial charge in [-0.15, -0.1) is 5.10 Å². The lowest BCUT2D eigenvalue weighted by Gasteiger charge is -2.22. The third-order valence-electron chi connectivity index (χ3n) is 5.76. The average Bonchev–Trinajstić information content (AvgIpc) is 3.34. The lowest BCUT2D eigenvalue weighted by atomic mass is 10.0. The van der Waals surface area contributed by atoms with Gasteiger partial charge in [0.1, 0.15) is 23.4 Å². The quantitative estimate of drug-likeness (QED) is 0.392. The molecule has 5 aromatic rings. The topological polar surface area (TPSA) is 61.4 Å². The summed E-state index contributed by atoms with van der Waals surface area (Å²) in [5.41, 5.74) is 5.89. The summed E-state index contributed by atoms with van der Waals surface area (Å²) in [5.74, 6) is 0.442. The first-order chi connectivity index (χ1) is 15.6. The molecule has 3 heterocycles. The molecule has 160 valence electrons. The number of pyridine rings is 1. The number of fused-ring (bicyclic) bond motifs is 1. The molecule has 1 unspecified atom stereocenters. The third kappa shape index (κ3) is 3.26. The van der Waals surface area contributed by atoms with Gasteiger partial charge in [0, 0.05) is 18.3 Å². The van der Waals surface area contributed by atoms with Gasteiger partial charge >= 0.3 is 0 Å². The van der Waals surface area contributed by atoms with Crippen molar-refractivity contribution in [3.05, 3.63) is 95.5 Å². The highest BCUT2D eigenvalue weighted by atomic mass is 19.1. The summed E-state index contributed by atoms with van der Waals surface area (Å²) >= 11 is 0. The summed E-state index contributed by atoms with van der Waals surface area (Å²) in [5, 5.41) is 8.49. The van der Waals surface area contributed by atoms with E-state index in [9.17, 15) is 4.39 Å². The van der Waals surface area contributed by atoms with Gasteiger partial charge < -0.3 is 4.57 Å². The van der Waals surface area contributed by atoms with Crippen molar-refractivity contribution in [3.8, 4) is 11.3 Å². The Morgan fingerprint density at radius 3 is 2.56 bits per heavy atom. The van der Waals surface area contributed by atoms with Crippen LogP contribution in [0.5, 0.6) is 0 Å². The standard InChI is InChI=1S/C25H23FN6/c1-4-31-24(16(2)29-30-31)19-12-13-21-22(15-19)32(17(3)28-21)25(18-9-6-5-7-10-18)23-20(26)11-8-14-27-23/h5-15,25H,4H2,1-3H3. The summed E-state index contributed by atoms with van der Waals surface area (Å²) in [4.78, 5) is 9.20. The van der Waals surface area contributed by atoms with Gasteiger partial charge in [-0.3, -0.25) is 4.98 Å². The summed E-state index contributed by atoms with van der Waals surface area (Å²) < 4.78 is 18.9. The molecule has 0 spiro atoms. The van der Waals surface area contributed by atoms with Gasteiger partial charge in [-0.05, 0) is 50.6 Å². The number of imidazole rings is 1. The average molecular weight is 426 g/mol. The predicted octanol–water partition coefficient (Wildman–Crippen LogP) is 5.10. The maximum Gasteiger partial charge on any atom is 0.147 e. The molecule has 1 atom stereocenters. The third-order valence-corrected chi connectivity index (χ3v) is 5.76. The normalized spacial score (nSPS) is 12.4. The molecule has 0 saturated carbocycles. The number of hydrogen-bond acceptors (Lipinski definition) is 4. The Hall–Kier alpha value is -3.87. The summed E-state index contributed by atoms with van der Waals surface area (Å²) in [6.07, 6.45) is 1.63. The molecule has 0 fully saturated rings. The second-order valence-electron chi connectivity index (χ2n) is 7.76. The number of aromatic nitrogens is 6. The van der Waals surface area contributed by atoms with Crippen LogP contribution < -0.4 is 0 Å². The maximum atomic E-state index is 15.0. The van der Waals surface area contributed by atoms with Crippen LogP contribution in [-0.4, -0.2) is 29.5 Å². The minimum absolute atomic E-state index is 0.345. The fourth-order valence-electron chi connectivity index (χ4n) is 4.33. The van der Waals surface area contributed by atoms with E-state index in [0.29, 0.717) is 5.69 Å². The van der Waals surface area contributed by atoms with E-state index in [1.54, 1.807) is 12.3 Å². The fraction of sp³-hybridized carbons (Fsp3) is 0.200. The molecule has 0 aliphatic carbocycles. The van der Waals surface area contributed by atoms with Crippen LogP contribution in [0.2, 0.25) is 0 Å². The number of halogens is 1. The van der Waals surface area contributed by atoms with Gasteiger partial charge in [-0.25, -0.2) is 14.1 Å². The molecule has 0 amide bonds. The molecule has 3 aromatic heterocycles. The molecule has 0 radical (unpaired) electrons. The van der Waals surface area contributed by atoms with Gasteiger partial charge in [-0.1, -0.05) is 41.6 Å². The highest BCUT2D eigenvalue weighted by Crippen LogP contribution is 2.34. The Labute approximate surface area is 185 Å². The zero-order valence-corrected chi connectivity index (χ0v) is 18.2. The molecule has 6 nitrogen and oxygen atoms in total. The molecule has 32 heavy (non-hydrogen) atoms. The van der Waals surface area contributed by atoms with E-state index in [4.69, 9.17) is 4.98 Å². The summed E-state index contributed by atoms with van der Waals surface area (Å²) in [6.45, 7) is 6.66. The first kappa shape index (κ1) is 20.1. The minimum atomic E-state index is -0.451. The van der Waals surface area contributed by atoms with Crippen LogP contribution in [0.4, 0.5) is 4.39 Å². The molecular formula is C25H23FN6. The van der Waals surface area contributed by atoms with E-state index in [2.05, 4.69) is 25.9 Å². The highest BCUT2D eigenvalue weighted by molar-refractivity contribution is 5.83. The van der Waals surface area contributed by atoms with Gasteiger partial charge in [0.25, 0.3) is 0 Å². The van der Waals surface area contributed by atoms with E-state index in [-0.39, 0.29) is 5.82 Å². The van der Waals surface area contributed by atoms with Gasteiger partial charge in [0.2, 0.25) is 0 Å². The predicted molar refractivity (Wildman–Crippen MR) is 122 cm³/mol. The summed E-state index contributed by atoms with van der Waals surface area (Å²) in [7, 11) is 0. The fourth-order valence-corrected chi connectivity index (χ4v) is 4.33. The molecule has 7 heteroatoms.